The van der Waals surface area contributed by atoms with Crippen molar-refractivity contribution in [3.05, 3.63) is 101 Å². The van der Waals surface area contributed by atoms with Crippen molar-refractivity contribution < 1.29 is 57.9 Å². The lowest BCUT2D eigenvalue weighted by atomic mass is 9.44. The van der Waals surface area contributed by atoms with E-state index in [9.17, 15) is 29.4 Å². The summed E-state index contributed by atoms with van der Waals surface area (Å²) < 4.78 is 31.0. The van der Waals surface area contributed by atoms with Gasteiger partial charge in [-0.15, -0.1) is 0 Å². The molecule has 13 heteroatoms. The van der Waals surface area contributed by atoms with Crippen molar-refractivity contribution in [1.29, 1.82) is 0 Å². The lowest BCUT2D eigenvalue weighted by Crippen LogP contribution is -2.82. The van der Waals surface area contributed by atoms with Crippen LogP contribution in [0.2, 0.25) is 0 Å². The normalized spacial score (nSPS) is 31.3. The molecule has 1 heterocycles. The summed E-state index contributed by atoms with van der Waals surface area (Å²) >= 11 is 0. The molecule has 0 spiro atoms. The quantitative estimate of drug-likeness (QED) is 0.0972. The highest BCUT2D eigenvalue weighted by molar-refractivity contribution is 5.96. The average molecular weight is 852 g/mol. The Bertz CT molecular complexity index is 2300. The summed E-state index contributed by atoms with van der Waals surface area (Å²) in [6.45, 7) is 13.0. The highest BCUT2D eigenvalue weighted by atomic mass is 16.6. The van der Waals surface area contributed by atoms with Crippen molar-refractivity contribution >= 4 is 46.5 Å². The first-order valence-electron chi connectivity index (χ1n) is 21.4. The van der Waals surface area contributed by atoms with Gasteiger partial charge in [-0.2, -0.15) is 0 Å². The molecule has 0 radical (unpaired) electrons. The summed E-state index contributed by atoms with van der Waals surface area (Å²) in [6.07, 6.45) is -4.85. The molecule has 1 aliphatic heterocycles. The first-order chi connectivity index (χ1) is 29.4. The van der Waals surface area contributed by atoms with Crippen LogP contribution in [-0.2, 0) is 42.9 Å². The lowest BCUT2D eigenvalue weighted by molar-refractivity contribution is -0.346. The number of esters is 4. The molecule has 1 saturated heterocycles. The predicted molar refractivity (Wildman–Crippen MR) is 228 cm³/mol. The molecule has 4 aliphatic rings. The zero-order valence-corrected chi connectivity index (χ0v) is 36.4. The van der Waals surface area contributed by atoms with E-state index in [1.165, 1.54) is 32.1 Å². The second-order valence-electron chi connectivity index (χ2n) is 17.8. The van der Waals surface area contributed by atoms with Gasteiger partial charge in [0.25, 0.3) is 0 Å². The molecule has 2 N–H and O–H groups in total. The molecular formula is C49H57NO12. The predicted octanol–water partition coefficient (Wildman–Crippen LogP) is 5.78. The van der Waals surface area contributed by atoms with Gasteiger partial charge in [0.1, 0.15) is 23.9 Å². The SMILES string of the molecule is CCN(CC)CCC(=O)O[C@H]1C(=O)[C@@]2(C)[C@H]([C@H](OC(=O)c3ccccc3)[C@]3(O)C[C@H](OC(=O)/C=C/c4ccc5ccccc5c4)C(C)=C1C3(C)C)[C@]1(OC(C)=O)CO[C@@H]1C[C@@H]2O. The van der Waals surface area contributed by atoms with E-state index in [0.717, 1.165) is 16.3 Å². The largest absolute Gasteiger partial charge is 0.455 e. The van der Waals surface area contributed by atoms with Crippen LogP contribution in [0.3, 0.4) is 0 Å². The molecule has 0 unspecified atom stereocenters. The maximum atomic E-state index is 15.8. The lowest BCUT2D eigenvalue weighted by Gasteiger charge is -2.67. The molecule has 13 nitrogen and oxygen atoms in total. The van der Waals surface area contributed by atoms with Crippen molar-refractivity contribution in [1.82, 2.24) is 4.90 Å². The van der Waals surface area contributed by atoms with Gasteiger partial charge in [0.2, 0.25) is 0 Å². The third-order valence-corrected chi connectivity index (χ3v) is 14.1. The van der Waals surface area contributed by atoms with Crippen LogP contribution < -0.4 is 0 Å². The third-order valence-electron chi connectivity index (χ3n) is 14.1. The van der Waals surface area contributed by atoms with E-state index < -0.39 is 88.1 Å². The zero-order chi connectivity index (χ0) is 44.8. The minimum Gasteiger partial charge on any atom is -0.455 e. The van der Waals surface area contributed by atoms with Gasteiger partial charge in [-0.1, -0.05) is 82.3 Å². The maximum absolute atomic E-state index is 15.8. The number of ketones is 1. The molecule has 62 heavy (non-hydrogen) atoms. The fourth-order valence-electron chi connectivity index (χ4n) is 10.5. The average Bonchev–Trinajstić information content (AvgIpc) is 3.24. The molecule has 3 aromatic carbocycles. The van der Waals surface area contributed by atoms with Gasteiger partial charge in [-0.25, -0.2) is 9.59 Å². The standard InChI is InChI=1S/C49H57NO12/c1-8-50(9-2)24-23-39(54)60-41-40-29(3)35(59-38(53)22-20-31-19-21-32-15-13-14-18-34(32)25-31)27-49(57,46(40,5)6)44(61-45(56)33-16-11-10-12-17-33)42-47(7,43(41)55)36(52)26-37-48(42,28-58-37)62-30(4)51/h10-22,25,35-37,41-42,44,52,57H,8-9,23-24,26-28H2,1-7H3/b22-20+/t35-,36-,37+,41+,42-,44-,47+,48-,49+/m0/s1. The summed E-state index contributed by atoms with van der Waals surface area (Å²) in [5.41, 5.74) is -6.13. The molecule has 3 aliphatic carbocycles. The first-order valence-corrected chi connectivity index (χ1v) is 21.4. The van der Waals surface area contributed by atoms with E-state index in [4.69, 9.17) is 23.7 Å². The van der Waals surface area contributed by atoms with E-state index in [1.807, 2.05) is 61.2 Å². The molecule has 330 valence electrons. The van der Waals surface area contributed by atoms with Crippen LogP contribution >= 0.6 is 0 Å². The molecule has 0 amide bonds. The second-order valence-corrected chi connectivity index (χ2v) is 17.8. The number of carbonyl (C=O) groups is 5. The smallest absolute Gasteiger partial charge is 0.338 e. The molecular weight excluding hydrogens is 795 g/mol. The Hall–Kier alpha value is -5.21. The number of aliphatic hydroxyl groups excluding tert-OH is 1. The summed E-state index contributed by atoms with van der Waals surface area (Å²) in [7, 11) is 0. The highest BCUT2D eigenvalue weighted by Gasteiger charge is 2.78. The Balaban J connectivity index is 1.40. The molecule has 9 atom stereocenters. The van der Waals surface area contributed by atoms with Crippen LogP contribution in [0.5, 0.6) is 0 Å². The molecule has 2 saturated carbocycles. The fraction of sp³-hybridized carbons (Fsp3) is 0.490. The maximum Gasteiger partial charge on any atom is 0.338 e. The number of fused-ring (bicyclic) bond motifs is 6. The number of benzene rings is 3. The minimum absolute atomic E-state index is 0.0756. The third kappa shape index (κ3) is 7.67. The monoisotopic (exact) mass is 851 g/mol. The molecule has 3 fully saturated rings. The van der Waals surface area contributed by atoms with Crippen LogP contribution in [0.1, 0.15) is 83.7 Å². The van der Waals surface area contributed by atoms with Crippen molar-refractivity contribution in [2.24, 2.45) is 16.7 Å². The number of hydrogen-bond acceptors (Lipinski definition) is 13. The van der Waals surface area contributed by atoms with Crippen molar-refractivity contribution in [3.63, 3.8) is 0 Å². The Morgan fingerprint density at radius 1 is 0.919 bits per heavy atom. The van der Waals surface area contributed by atoms with Gasteiger partial charge >= 0.3 is 23.9 Å². The Kier molecular flexibility index (Phi) is 12.4. The van der Waals surface area contributed by atoms with Crippen LogP contribution in [0.15, 0.2) is 90.0 Å². The number of aliphatic hydroxyl groups is 2. The van der Waals surface area contributed by atoms with Gasteiger partial charge in [0.05, 0.1) is 36.0 Å². The number of ether oxygens (including phenoxy) is 5. The Morgan fingerprint density at radius 2 is 1.60 bits per heavy atom. The number of hydrogen-bond donors (Lipinski definition) is 2. The second kappa shape index (κ2) is 17.2. The van der Waals surface area contributed by atoms with E-state index in [1.54, 1.807) is 45.0 Å². The molecule has 0 aromatic heterocycles. The van der Waals surface area contributed by atoms with Crippen LogP contribution in [0, 0.1) is 16.7 Å². The summed E-state index contributed by atoms with van der Waals surface area (Å²) in [5.74, 6) is -5.27. The van der Waals surface area contributed by atoms with Gasteiger partial charge in [-0.3, -0.25) is 14.4 Å². The van der Waals surface area contributed by atoms with E-state index in [2.05, 4.69) is 0 Å². The summed E-state index contributed by atoms with van der Waals surface area (Å²) in [4.78, 5) is 73.0. The van der Waals surface area contributed by atoms with Gasteiger partial charge < -0.3 is 38.8 Å². The van der Waals surface area contributed by atoms with Crippen molar-refractivity contribution in [2.75, 3.05) is 26.2 Å². The van der Waals surface area contributed by atoms with Gasteiger partial charge in [-0.05, 0) is 78.7 Å². The van der Waals surface area contributed by atoms with Crippen LogP contribution in [0.4, 0.5) is 0 Å². The van der Waals surface area contributed by atoms with Crippen LogP contribution in [0.25, 0.3) is 16.8 Å². The van der Waals surface area contributed by atoms with Crippen LogP contribution in [-0.4, -0.2) is 113 Å². The molecule has 3 aromatic rings. The Labute approximate surface area is 362 Å². The number of Topliss-reactive ketones (excluding diaryl/α,β-unsaturated/α-hetero) is 1. The van der Waals surface area contributed by atoms with Gasteiger partial charge in [0, 0.05) is 37.8 Å². The van der Waals surface area contributed by atoms with Crippen molar-refractivity contribution in [2.45, 2.75) is 109 Å². The summed E-state index contributed by atoms with van der Waals surface area (Å²) in [6, 6.07) is 21.6. The van der Waals surface area contributed by atoms with Crippen molar-refractivity contribution in [3.8, 4) is 0 Å². The summed E-state index contributed by atoms with van der Waals surface area (Å²) in [5, 5.41) is 28.0. The van der Waals surface area contributed by atoms with E-state index in [0.29, 0.717) is 25.2 Å². The molecule has 7 rings (SSSR count). The number of rotatable bonds is 12. The number of nitrogens with zero attached hydrogens (tertiary/aromatic N) is 1. The highest BCUT2D eigenvalue weighted by Crippen LogP contribution is 2.64. The topological polar surface area (TPSA) is 175 Å². The number of carbonyl (C=O) groups excluding carboxylic acids is 5. The Morgan fingerprint density at radius 3 is 2.24 bits per heavy atom. The first kappa shape index (κ1) is 44.8. The van der Waals surface area contributed by atoms with E-state index in [-0.39, 0.29) is 37.0 Å². The molecule has 2 bridgehead atoms. The van der Waals surface area contributed by atoms with Gasteiger partial charge in [0.15, 0.2) is 17.5 Å². The zero-order valence-electron chi connectivity index (χ0n) is 36.4. The van der Waals surface area contributed by atoms with E-state index >= 15 is 4.79 Å². The fourth-order valence-corrected chi connectivity index (χ4v) is 10.5. The minimum atomic E-state index is -2.25.